The van der Waals surface area contributed by atoms with Gasteiger partial charge in [-0.1, -0.05) is 11.6 Å². The average Bonchev–Trinajstić information content (AvgIpc) is 3.11. The SMILES string of the molecule is COc1cc(CCC(=O)NCc2cn3cc(Cl)ccc3n2)cc(OC)c1OC. The third-order valence-corrected chi connectivity index (χ3v) is 4.52. The Bertz CT molecular complexity index is 962. The second-order valence-corrected chi connectivity index (χ2v) is 6.59. The van der Waals surface area contributed by atoms with Gasteiger partial charge in [0.25, 0.3) is 0 Å². The number of pyridine rings is 1. The number of aryl methyl sites for hydroxylation is 1. The van der Waals surface area contributed by atoms with E-state index < -0.39 is 0 Å². The van der Waals surface area contributed by atoms with Crippen molar-refractivity contribution in [2.75, 3.05) is 21.3 Å². The third kappa shape index (κ3) is 4.48. The molecule has 0 radical (unpaired) electrons. The molecular weight excluding hydrogens is 382 g/mol. The second kappa shape index (κ2) is 8.84. The number of nitrogens with zero attached hydrogens (tertiary/aromatic N) is 2. The van der Waals surface area contributed by atoms with Crippen LogP contribution >= 0.6 is 11.6 Å². The molecule has 0 bridgehead atoms. The lowest BCUT2D eigenvalue weighted by Crippen LogP contribution is -2.23. The van der Waals surface area contributed by atoms with Gasteiger partial charge in [-0.25, -0.2) is 4.98 Å². The Morgan fingerprint density at radius 3 is 2.46 bits per heavy atom. The first-order chi connectivity index (χ1) is 13.5. The zero-order valence-corrected chi connectivity index (χ0v) is 16.7. The Labute approximate surface area is 168 Å². The van der Waals surface area contributed by atoms with Gasteiger partial charge in [-0.15, -0.1) is 0 Å². The zero-order chi connectivity index (χ0) is 20.1. The number of rotatable bonds is 8. The van der Waals surface area contributed by atoms with E-state index in [2.05, 4.69) is 10.3 Å². The molecule has 28 heavy (non-hydrogen) atoms. The predicted octanol–water partition coefficient (Wildman–Crippen LogP) is 3.26. The van der Waals surface area contributed by atoms with E-state index in [-0.39, 0.29) is 5.91 Å². The molecular formula is C20H22ClN3O4. The fourth-order valence-electron chi connectivity index (χ4n) is 2.92. The van der Waals surface area contributed by atoms with Crippen molar-refractivity contribution in [3.05, 3.63) is 52.9 Å². The van der Waals surface area contributed by atoms with Crippen molar-refractivity contribution in [2.45, 2.75) is 19.4 Å². The van der Waals surface area contributed by atoms with Crippen LogP contribution in [0.4, 0.5) is 0 Å². The molecule has 0 saturated carbocycles. The van der Waals surface area contributed by atoms with E-state index in [1.807, 2.05) is 28.8 Å². The van der Waals surface area contributed by atoms with Crippen LogP contribution in [0.15, 0.2) is 36.7 Å². The summed E-state index contributed by atoms with van der Waals surface area (Å²) in [5.74, 6) is 1.61. The van der Waals surface area contributed by atoms with E-state index in [1.165, 1.54) is 0 Å². The standard InChI is InChI=1S/C20H22ClN3O4/c1-26-16-8-13(9-17(27-2)20(16)28-3)4-7-19(25)22-10-15-12-24-11-14(21)5-6-18(24)23-15/h5-6,8-9,11-12H,4,7,10H2,1-3H3,(H,22,25). The predicted molar refractivity (Wildman–Crippen MR) is 106 cm³/mol. The summed E-state index contributed by atoms with van der Waals surface area (Å²) in [6.07, 6.45) is 4.50. The molecule has 148 valence electrons. The summed E-state index contributed by atoms with van der Waals surface area (Å²) in [4.78, 5) is 16.7. The van der Waals surface area contributed by atoms with E-state index in [1.54, 1.807) is 33.6 Å². The topological polar surface area (TPSA) is 74.1 Å². The van der Waals surface area contributed by atoms with Crippen LogP contribution in [0, 0.1) is 0 Å². The van der Waals surface area contributed by atoms with Gasteiger partial charge in [0.15, 0.2) is 11.5 Å². The number of fused-ring (bicyclic) bond motifs is 1. The van der Waals surface area contributed by atoms with E-state index in [9.17, 15) is 4.79 Å². The largest absolute Gasteiger partial charge is 0.493 e. The molecule has 1 amide bonds. The van der Waals surface area contributed by atoms with Crippen LogP contribution in [-0.2, 0) is 17.8 Å². The van der Waals surface area contributed by atoms with Crippen LogP contribution in [0.2, 0.25) is 5.02 Å². The van der Waals surface area contributed by atoms with Crippen molar-refractivity contribution in [2.24, 2.45) is 0 Å². The maximum absolute atomic E-state index is 12.2. The molecule has 2 aromatic heterocycles. The lowest BCUT2D eigenvalue weighted by molar-refractivity contribution is -0.121. The van der Waals surface area contributed by atoms with Crippen molar-refractivity contribution in [3.63, 3.8) is 0 Å². The van der Waals surface area contributed by atoms with Crippen molar-refractivity contribution in [1.29, 1.82) is 0 Å². The summed E-state index contributed by atoms with van der Waals surface area (Å²) in [5.41, 5.74) is 2.47. The number of carbonyl (C=O) groups is 1. The van der Waals surface area contributed by atoms with Crippen LogP contribution < -0.4 is 19.5 Å². The summed E-state index contributed by atoms with van der Waals surface area (Å²) >= 11 is 5.97. The number of methoxy groups -OCH3 is 3. The number of hydrogen-bond acceptors (Lipinski definition) is 5. The van der Waals surface area contributed by atoms with Gasteiger partial charge in [0, 0.05) is 18.8 Å². The van der Waals surface area contributed by atoms with Gasteiger partial charge in [0.1, 0.15) is 5.65 Å². The van der Waals surface area contributed by atoms with Crippen molar-refractivity contribution in [1.82, 2.24) is 14.7 Å². The molecule has 0 spiro atoms. The highest BCUT2D eigenvalue weighted by Gasteiger charge is 2.14. The summed E-state index contributed by atoms with van der Waals surface area (Å²) in [5, 5.41) is 3.52. The lowest BCUT2D eigenvalue weighted by atomic mass is 10.1. The quantitative estimate of drug-likeness (QED) is 0.625. The molecule has 8 heteroatoms. The second-order valence-electron chi connectivity index (χ2n) is 6.16. The minimum Gasteiger partial charge on any atom is -0.493 e. The van der Waals surface area contributed by atoms with Crippen LogP contribution in [0.5, 0.6) is 17.2 Å². The molecule has 0 aliphatic carbocycles. The summed E-state index contributed by atoms with van der Waals surface area (Å²) in [7, 11) is 4.69. The Balaban J connectivity index is 1.59. The first-order valence-corrected chi connectivity index (χ1v) is 9.10. The number of ether oxygens (including phenoxy) is 3. The van der Waals surface area contributed by atoms with E-state index in [4.69, 9.17) is 25.8 Å². The molecule has 0 aliphatic heterocycles. The molecule has 0 atom stereocenters. The molecule has 1 aromatic carbocycles. The first-order valence-electron chi connectivity index (χ1n) is 8.72. The Morgan fingerprint density at radius 1 is 1.11 bits per heavy atom. The first kappa shape index (κ1) is 19.8. The molecule has 0 saturated heterocycles. The third-order valence-electron chi connectivity index (χ3n) is 4.30. The highest BCUT2D eigenvalue weighted by molar-refractivity contribution is 6.30. The summed E-state index contributed by atoms with van der Waals surface area (Å²) in [6, 6.07) is 7.31. The normalized spacial score (nSPS) is 10.7. The Morgan fingerprint density at radius 2 is 1.82 bits per heavy atom. The van der Waals surface area contributed by atoms with Crippen LogP contribution in [-0.4, -0.2) is 36.6 Å². The van der Waals surface area contributed by atoms with E-state index >= 15 is 0 Å². The Kier molecular flexibility index (Phi) is 6.26. The fraction of sp³-hybridized carbons (Fsp3) is 0.300. The number of benzene rings is 1. The highest BCUT2D eigenvalue weighted by atomic mass is 35.5. The molecule has 1 N–H and O–H groups in total. The molecule has 7 nitrogen and oxygen atoms in total. The van der Waals surface area contributed by atoms with Crippen LogP contribution in [0.1, 0.15) is 17.7 Å². The smallest absolute Gasteiger partial charge is 0.220 e. The summed E-state index contributed by atoms with van der Waals surface area (Å²) < 4.78 is 17.8. The number of carbonyl (C=O) groups excluding carboxylic acids is 1. The number of amides is 1. The monoisotopic (exact) mass is 403 g/mol. The van der Waals surface area contributed by atoms with Crippen molar-refractivity contribution in [3.8, 4) is 17.2 Å². The van der Waals surface area contributed by atoms with Gasteiger partial charge in [-0.3, -0.25) is 4.79 Å². The van der Waals surface area contributed by atoms with Gasteiger partial charge in [0.2, 0.25) is 11.7 Å². The van der Waals surface area contributed by atoms with Gasteiger partial charge in [-0.2, -0.15) is 0 Å². The number of aromatic nitrogens is 2. The molecule has 3 aromatic rings. The molecule has 2 heterocycles. The molecule has 0 unspecified atom stereocenters. The molecule has 0 fully saturated rings. The minimum absolute atomic E-state index is 0.0659. The molecule has 0 aliphatic rings. The molecule has 3 rings (SSSR count). The van der Waals surface area contributed by atoms with Crippen molar-refractivity contribution >= 4 is 23.2 Å². The number of halogens is 1. The fourth-order valence-corrected chi connectivity index (χ4v) is 3.09. The minimum atomic E-state index is -0.0659. The van der Waals surface area contributed by atoms with E-state index in [0.29, 0.717) is 41.7 Å². The number of imidazole rings is 1. The summed E-state index contributed by atoms with van der Waals surface area (Å²) in [6.45, 7) is 0.355. The van der Waals surface area contributed by atoms with Gasteiger partial charge >= 0.3 is 0 Å². The highest BCUT2D eigenvalue weighted by Crippen LogP contribution is 2.38. The number of nitrogens with one attached hydrogen (secondary N) is 1. The zero-order valence-electron chi connectivity index (χ0n) is 16.0. The lowest BCUT2D eigenvalue weighted by Gasteiger charge is -2.14. The van der Waals surface area contributed by atoms with Gasteiger partial charge in [-0.05, 0) is 36.2 Å². The Hall–Kier alpha value is -2.93. The average molecular weight is 404 g/mol. The maximum Gasteiger partial charge on any atom is 0.220 e. The van der Waals surface area contributed by atoms with Gasteiger partial charge < -0.3 is 23.9 Å². The maximum atomic E-state index is 12.2. The van der Waals surface area contributed by atoms with Gasteiger partial charge in [0.05, 0.1) is 38.6 Å². The van der Waals surface area contributed by atoms with Crippen molar-refractivity contribution < 1.29 is 19.0 Å². The van der Waals surface area contributed by atoms with Crippen LogP contribution in [0.25, 0.3) is 5.65 Å². The number of hydrogen-bond donors (Lipinski definition) is 1. The van der Waals surface area contributed by atoms with E-state index in [0.717, 1.165) is 16.9 Å². The van der Waals surface area contributed by atoms with Crippen LogP contribution in [0.3, 0.4) is 0 Å².